The van der Waals surface area contributed by atoms with Gasteiger partial charge in [-0.15, -0.1) is 0 Å². The molecule has 0 saturated carbocycles. The topological polar surface area (TPSA) is 96.5 Å². The van der Waals surface area contributed by atoms with Crippen LogP contribution < -0.4 is 16.0 Å². The van der Waals surface area contributed by atoms with E-state index in [-0.39, 0.29) is 23.9 Å². The smallest absolute Gasteiger partial charge is 0.306 e. The molecule has 0 bridgehead atoms. The van der Waals surface area contributed by atoms with Gasteiger partial charge in [0.2, 0.25) is 5.91 Å². The molecular weight excluding hydrogens is 481 g/mol. The number of carbonyl (C=O) groups is 3. The van der Waals surface area contributed by atoms with E-state index in [0.717, 1.165) is 6.42 Å². The minimum atomic E-state index is -0.447. The van der Waals surface area contributed by atoms with Gasteiger partial charge in [0.05, 0.1) is 13.0 Å². The summed E-state index contributed by atoms with van der Waals surface area (Å²) in [6, 6.07) is 21.8. The molecule has 186 valence electrons. The number of carbonyl (C=O) groups excluding carboxylic acids is 3. The molecule has 36 heavy (non-hydrogen) atoms. The normalized spacial score (nSPS) is 10.2. The SMILES string of the molecule is O=C(CCC(=O)OCCCc1ccccc1)NC(=S)Nc1cccc(C(=O)Nc2ccc(F)cc2)c1. The Morgan fingerprint density at radius 3 is 2.33 bits per heavy atom. The van der Waals surface area contributed by atoms with Crippen molar-refractivity contribution in [3.63, 3.8) is 0 Å². The molecule has 0 heterocycles. The molecule has 0 fully saturated rings. The van der Waals surface area contributed by atoms with Crippen LogP contribution in [0.2, 0.25) is 0 Å². The first-order valence-corrected chi connectivity index (χ1v) is 11.8. The Bertz CT molecular complexity index is 1200. The van der Waals surface area contributed by atoms with Gasteiger partial charge in [0.1, 0.15) is 5.82 Å². The average Bonchev–Trinajstić information content (AvgIpc) is 2.87. The van der Waals surface area contributed by atoms with E-state index in [0.29, 0.717) is 30.0 Å². The molecule has 0 radical (unpaired) electrons. The predicted octanol–water partition coefficient (Wildman–Crippen LogP) is 4.85. The first kappa shape index (κ1) is 26.5. The minimum absolute atomic E-state index is 0.0346. The van der Waals surface area contributed by atoms with Crippen LogP contribution in [0, 0.1) is 5.82 Å². The highest BCUT2D eigenvalue weighted by Gasteiger charge is 2.11. The fraction of sp³-hybridized carbons (Fsp3) is 0.185. The lowest BCUT2D eigenvalue weighted by Gasteiger charge is -2.11. The Labute approximate surface area is 214 Å². The molecule has 0 saturated heterocycles. The number of thiocarbonyl (C=S) groups is 1. The summed E-state index contributed by atoms with van der Waals surface area (Å²) >= 11 is 5.16. The summed E-state index contributed by atoms with van der Waals surface area (Å²) in [5.41, 5.74) is 2.46. The van der Waals surface area contributed by atoms with Crippen LogP contribution in [0.1, 0.15) is 35.2 Å². The zero-order chi connectivity index (χ0) is 25.8. The van der Waals surface area contributed by atoms with E-state index in [2.05, 4.69) is 16.0 Å². The van der Waals surface area contributed by atoms with Gasteiger partial charge < -0.3 is 20.7 Å². The molecule has 3 rings (SSSR count). The van der Waals surface area contributed by atoms with Crippen molar-refractivity contribution in [2.75, 3.05) is 17.2 Å². The summed E-state index contributed by atoms with van der Waals surface area (Å²) in [5.74, 6) is -1.66. The Balaban J connectivity index is 1.36. The van der Waals surface area contributed by atoms with Gasteiger partial charge in [-0.1, -0.05) is 36.4 Å². The number of halogens is 1. The number of hydrogen-bond acceptors (Lipinski definition) is 5. The lowest BCUT2D eigenvalue weighted by Crippen LogP contribution is -2.34. The van der Waals surface area contributed by atoms with Crippen LogP contribution in [0.15, 0.2) is 78.9 Å². The van der Waals surface area contributed by atoms with Crippen LogP contribution in [0.3, 0.4) is 0 Å². The number of aryl methyl sites for hydroxylation is 1. The summed E-state index contributed by atoms with van der Waals surface area (Å²) in [6.07, 6.45) is 1.39. The van der Waals surface area contributed by atoms with E-state index in [1.807, 2.05) is 30.3 Å². The predicted molar refractivity (Wildman–Crippen MR) is 140 cm³/mol. The van der Waals surface area contributed by atoms with Crippen molar-refractivity contribution in [3.8, 4) is 0 Å². The molecule has 0 spiro atoms. The van der Waals surface area contributed by atoms with Gasteiger partial charge in [-0.05, 0) is 73.1 Å². The molecule has 7 nitrogen and oxygen atoms in total. The molecule has 9 heteroatoms. The lowest BCUT2D eigenvalue weighted by atomic mass is 10.1. The molecule has 0 aliphatic rings. The second-order valence-corrected chi connectivity index (χ2v) is 8.26. The number of anilines is 2. The number of rotatable bonds is 10. The first-order chi connectivity index (χ1) is 17.4. The van der Waals surface area contributed by atoms with Crippen LogP contribution in [0.25, 0.3) is 0 Å². The summed E-state index contributed by atoms with van der Waals surface area (Å²) in [6.45, 7) is 0.292. The maximum Gasteiger partial charge on any atom is 0.306 e. The van der Waals surface area contributed by atoms with Crippen LogP contribution in [-0.2, 0) is 20.7 Å². The van der Waals surface area contributed by atoms with E-state index in [1.165, 1.54) is 29.8 Å². The molecule has 3 aromatic carbocycles. The van der Waals surface area contributed by atoms with Crippen LogP contribution in [-0.4, -0.2) is 29.5 Å². The molecule has 3 aromatic rings. The zero-order valence-corrected chi connectivity index (χ0v) is 20.3. The first-order valence-electron chi connectivity index (χ1n) is 11.4. The quantitative estimate of drug-likeness (QED) is 0.206. The number of hydrogen-bond donors (Lipinski definition) is 3. The minimum Gasteiger partial charge on any atom is -0.466 e. The third-order valence-corrected chi connectivity index (χ3v) is 5.21. The largest absolute Gasteiger partial charge is 0.466 e. The summed E-state index contributed by atoms with van der Waals surface area (Å²) < 4.78 is 18.2. The van der Waals surface area contributed by atoms with Crippen LogP contribution >= 0.6 is 12.2 Å². The number of amides is 2. The fourth-order valence-corrected chi connectivity index (χ4v) is 3.45. The van der Waals surface area contributed by atoms with Gasteiger partial charge in [-0.25, -0.2) is 4.39 Å². The second kappa shape index (κ2) is 13.7. The van der Waals surface area contributed by atoms with Crippen molar-refractivity contribution in [3.05, 3.63) is 95.8 Å². The van der Waals surface area contributed by atoms with Gasteiger partial charge in [0.15, 0.2) is 5.11 Å². The standard InChI is InChI=1S/C27H26FN3O4S/c28-21-11-13-22(14-12-21)29-26(34)20-9-4-10-23(18-20)30-27(36)31-24(32)15-16-25(33)35-17-5-8-19-6-2-1-3-7-19/h1-4,6-7,9-14,18H,5,8,15-17H2,(H,29,34)(H2,30,31,32,36). The molecule has 0 aromatic heterocycles. The van der Waals surface area contributed by atoms with Crippen molar-refractivity contribution < 1.29 is 23.5 Å². The van der Waals surface area contributed by atoms with Gasteiger partial charge in [0, 0.05) is 23.4 Å². The monoisotopic (exact) mass is 507 g/mol. The van der Waals surface area contributed by atoms with Crippen LogP contribution in [0.5, 0.6) is 0 Å². The zero-order valence-electron chi connectivity index (χ0n) is 19.5. The maximum atomic E-state index is 13.0. The van der Waals surface area contributed by atoms with Crippen molar-refractivity contribution in [2.45, 2.75) is 25.7 Å². The Morgan fingerprint density at radius 1 is 0.833 bits per heavy atom. The highest BCUT2D eigenvalue weighted by atomic mass is 32.1. The Hall–Kier alpha value is -4.11. The summed E-state index contributed by atoms with van der Waals surface area (Å²) in [5, 5.41) is 8.05. The Morgan fingerprint density at radius 2 is 1.58 bits per heavy atom. The van der Waals surface area contributed by atoms with E-state index >= 15 is 0 Å². The summed E-state index contributed by atoms with van der Waals surface area (Å²) in [4.78, 5) is 36.5. The van der Waals surface area contributed by atoms with Crippen molar-refractivity contribution in [2.24, 2.45) is 0 Å². The summed E-state index contributed by atoms with van der Waals surface area (Å²) in [7, 11) is 0. The number of esters is 1. The molecule has 0 unspecified atom stereocenters. The average molecular weight is 508 g/mol. The van der Waals surface area contributed by atoms with Gasteiger partial charge in [-0.3, -0.25) is 14.4 Å². The third-order valence-electron chi connectivity index (χ3n) is 5.01. The number of benzene rings is 3. The van der Waals surface area contributed by atoms with E-state index in [4.69, 9.17) is 17.0 Å². The molecule has 0 aliphatic carbocycles. The third kappa shape index (κ3) is 9.27. The van der Waals surface area contributed by atoms with Crippen molar-refractivity contribution in [1.29, 1.82) is 0 Å². The van der Waals surface area contributed by atoms with Crippen LogP contribution in [0.4, 0.5) is 15.8 Å². The van der Waals surface area contributed by atoms with E-state index in [1.54, 1.807) is 24.3 Å². The van der Waals surface area contributed by atoms with Gasteiger partial charge in [0.25, 0.3) is 5.91 Å². The molecule has 2 amide bonds. The lowest BCUT2D eigenvalue weighted by molar-refractivity contribution is -0.145. The number of nitrogens with one attached hydrogen (secondary N) is 3. The van der Waals surface area contributed by atoms with Gasteiger partial charge in [-0.2, -0.15) is 0 Å². The molecule has 0 atom stereocenters. The van der Waals surface area contributed by atoms with Crippen molar-refractivity contribution >= 4 is 46.5 Å². The molecule has 3 N–H and O–H groups in total. The molecule has 0 aliphatic heterocycles. The maximum absolute atomic E-state index is 13.0. The van der Waals surface area contributed by atoms with E-state index < -0.39 is 17.7 Å². The van der Waals surface area contributed by atoms with Crippen molar-refractivity contribution in [1.82, 2.24) is 5.32 Å². The van der Waals surface area contributed by atoms with E-state index in [9.17, 15) is 18.8 Å². The highest BCUT2D eigenvalue weighted by molar-refractivity contribution is 7.80. The molecular formula is C27H26FN3O4S. The Kier molecular flexibility index (Phi) is 10.1. The van der Waals surface area contributed by atoms with Gasteiger partial charge >= 0.3 is 5.97 Å². The highest BCUT2D eigenvalue weighted by Crippen LogP contribution is 2.14. The number of ether oxygens (including phenoxy) is 1. The fourth-order valence-electron chi connectivity index (χ4n) is 3.22. The second-order valence-electron chi connectivity index (χ2n) is 7.85.